The molecule has 116 valence electrons. The maximum atomic E-state index is 12.3. The van der Waals surface area contributed by atoms with E-state index in [9.17, 15) is 13.2 Å². The Kier molecular flexibility index (Phi) is 5.07. The van der Waals surface area contributed by atoms with Crippen LogP contribution in [0.5, 0.6) is 0 Å². The van der Waals surface area contributed by atoms with Gasteiger partial charge in [-0.3, -0.25) is 4.79 Å². The van der Waals surface area contributed by atoms with Gasteiger partial charge >= 0.3 is 0 Å². The number of hydrogen-bond acceptors (Lipinski definition) is 3. The Labute approximate surface area is 122 Å². The lowest BCUT2D eigenvalue weighted by molar-refractivity contribution is -0.127. The molecule has 2 fully saturated rings. The Morgan fingerprint density at radius 2 is 1.80 bits per heavy atom. The summed E-state index contributed by atoms with van der Waals surface area (Å²) in [6.45, 7) is 3.18. The minimum absolute atomic E-state index is 0.0229. The molecular weight excluding hydrogens is 276 g/mol. The van der Waals surface area contributed by atoms with Gasteiger partial charge in [-0.15, -0.1) is 0 Å². The van der Waals surface area contributed by atoms with Crippen LogP contribution < -0.4 is 5.32 Å². The van der Waals surface area contributed by atoms with Crippen LogP contribution in [0.1, 0.15) is 45.4 Å². The molecule has 0 aromatic carbocycles. The zero-order chi connectivity index (χ0) is 14.8. The van der Waals surface area contributed by atoms with Crippen molar-refractivity contribution in [2.24, 2.45) is 11.8 Å². The van der Waals surface area contributed by atoms with Gasteiger partial charge in [0.1, 0.15) is 0 Å². The number of amides is 1. The second-order valence-corrected chi connectivity index (χ2v) is 8.40. The van der Waals surface area contributed by atoms with Gasteiger partial charge in [-0.1, -0.05) is 19.8 Å². The number of nitrogens with one attached hydrogen (secondary N) is 1. The summed E-state index contributed by atoms with van der Waals surface area (Å²) < 4.78 is 24.4. The summed E-state index contributed by atoms with van der Waals surface area (Å²) in [5.41, 5.74) is 0. The number of piperidine rings is 1. The van der Waals surface area contributed by atoms with Crippen LogP contribution in [0.3, 0.4) is 0 Å². The first-order valence-electron chi connectivity index (χ1n) is 7.61. The number of carbonyl (C=O) groups is 1. The van der Waals surface area contributed by atoms with E-state index in [-0.39, 0.29) is 11.8 Å². The van der Waals surface area contributed by atoms with E-state index in [1.165, 1.54) is 23.4 Å². The van der Waals surface area contributed by atoms with Crippen molar-refractivity contribution in [1.82, 2.24) is 9.62 Å². The predicted octanol–water partition coefficient (Wildman–Crippen LogP) is 1.35. The molecule has 0 bridgehead atoms. The zero-order valence-corrected chi connectivity index (χ0v) is 13.3. The van der Waals surface area contributed by atoms with E-state index in [1.54, 1.807) is 0 Å². The van der Waals surface area contributed by atoms with Gasteiger partial charge in [0.15, 0.2) is 0 Å². The molecule has 0 spiro atoms. The fourth-order valence-electron chi connectivity index (χ4n) is 3.33. The number of carbonyl (C=O) groups excluding carboxylic acids is 1. The average Bonchev–Trinajstić information content (AvgIpc) is 2.38. The first kappa shape index (κ1) is 15.8. The summed E-state index contributed by atoms with van der Waals surface area (Å²) in [7, 11) is -3.11. The quantitative estimate of drug-likeness (QED) is 0.856. The van der Waals surface area contributed by atoms with Gasteiger partial charge in [-0.2, -0.15) is 0 Å². The van der Waals surface area contributed by atoms with E-state index in [0.717, 1.165) is 12.8 Å². The summed E-state index contributed by atoms with van der Waals surface area (Å²) >= 11 is 0. The first-order chi connectivity index (χ1) is 9.36. The van der Waals surface area contributed by atoms with Gasteiger partial charge in [0, 0.05) is 25.0 Å². The van der Waals surface area contributed by atoms with E-state index in [1.807, 2.05) is 0 Å². The molecule has 1 saturated carbocycles. The summed E-state index contributed by atoms with van der Waals surface area (Å²) in [5.74, 6) is 0.795. The molecule has 1 aliphatic carbocycles. The Morgan fingerprint density at radius 3 is 2.35 bits per heavy atom. The van der Waals surface area contributed by atoms with E-state index in [4.69, 9.17) is 0 Å². The summed E-state index contributed by atoms with van der Waals surface area (Å²) in [6, 6.07) is 0.319. The highest BCUT2D eigenvalue weighted by molar-refractivity contribution is 7.88. The van der Waals surface area contributed by atoms with Crippen molar-refractivity contribution in [3.63, 3.8) is 0 Å². The Hall–Kier alpha value is -0.620. The highest BCUT2D eigenvalue weighted by Crippen LogP contribution is 2.25. The molecule has 6 heteroatoms. The lowest BCUT2D eigenvalue weighted by atomic mass is 9.86. The second-order valence-electron chi connectivity index (χ2n) is 6.41. The predicted molar refractivity (Wildman–Crippen MR) is 78.7 cm³/mol. The van der Waals surface area contributed by atoms with Gasteiger partial charge in [-0.25, -0.2) is 12.7 Å². The van der Waals surface area contributed by atoms with Crippen LogP contribution >= 0.6 is 0 Å². The molecule has 1 saturated heterocycles. The maximum Gasteiger partial charge on any atom is 0.223 e. The summed E-state index contributed by atoms with van der Waals surface area (Å²) in [5, 5.41) is 3.17. The SMILES string of the molecule is CC1CCCC(NC(=O)C2CCN(S(C)(=O)=O)CC2)C1. The van der Waals surface area contributed by atoms with Crippen LogP contribution in [-0.2, 0) is 14.8 Å². The third-order valence-corrected chi connectivity index (χ3v) is 5.88. The molecule has 2 unspecified atom stereocenters. The van der Waals surface area contributed by atoms with Crippen LogP contribution in [0.25, 0.3) is 0 Å². The number of rotatable bonds is 3. The average molecular weight is 302 g/mol. The topological polar surface area (TPSA) is 66.5 Å². The van der Waals surface area contributed by atoms with E-state index < -0.39 is 10.0 Å². The molecule has 2 rings (SSSR count). The lowest BCUT2D eigenvalue weighted by Crippen LogP contribution is -2.46. The maximum absolute atomic E-state index is 12.3. The molecule has 2 aliphatic rings. The fourth-order valence-corrected chi connectivity index (χ4v) is 4.21. The Morgan fingerprint density at radius 1 is 1.15 bits per heavy atom. The van der Waals surface area contributed by atoms with Crippen molar-refractivity contribution >= 4 is 15.9 Å². The van der Waals surface area contributed by atoms with E-state index >= 15 is 0 Å². The molecule has 5 nitrogen and oxygen atoms in total. The molecule has 20 heavy (non-hydrogen) atoms. The summed E-state index contributed by atoms with van der Waals surface area (Å²) in [4.78, 5) is 12.3. The van der Waals surface area contributed by atoms with Crippen molar-refractivity contribution in [2.75, 3.05) is 19.3 Å². The van der Waals surface area contributed by atoms with Crippen molar-refractivity contribution in [2.45, 2.75) is 51.5 Å². The van der Waals surface area contributed by atoms with Gasteiger partial charge < -0.3 is 5.32 Å². The zero-order valence-electron chi connectivity index (χ0n) is 12.5. The van der Waals surface area contributed by atoms with Crippen LogP contribution in [-0.4, -0.2) is 44.0 Å². The normalized spacial score (nSPS) is 30.1. The lowest BCUT2D eigenvalue weighted by Gasteiger charge is -2.32. The van der Waals surface area contributed by atoms with Gasteiger partial charge in [0.05, 0.1) is 6.26 Å². The Balaban J connectivity index is 1.80. The van der Waals surface area contributed by atoms with Crippen LogP contribution in [0, 0.1) is 11.8 Å². The van der Waals surface area contributed by atoms with Gasteiger partial charge in [0.2, 0.25) is 15.9 Å². The monoisotopic (exact) mass is 302 g/mol. The van der Waals surface area contributed by atoms with Crippen molar-refractivity contribution in [3.8, 4) is 0 Å². The smallest absolute Gasteiger partial charge is 0.223 e. The minimum Gasteiger partial charge on any atom is -0.353 e. The molecule has 1 heterocycles. The molecule has 0 aromatic heterocycles. The molecule has 2 atom stereocenters. The third-order valence-electron chi connectivity index (χ3n) is 4.58. The standard InChI is InChI=1S/C14H26N2O3S/c1-11-4-3-5-13(10-11)15-14(17)12-6-8-16(9-7-12)20(2,18)19/h11-13H,3-10H2,1-2H3,(H,15,17). The minimum atomic E-state index is -3.11. The van der Waals surface area contributed by atoms with Crippen molar-refractivity contribution in [1.29, 1.82) is 0 Å². The van der Waals surface area contributed by atoms with Crippen LogP contribution in [0.15, 0.2) is 0 Å². The van der Waals surface area contributed by atoms with Crippen LogP contribution in [0.2, 0.25) is 0 Å². The molecular formula is C14H26N2O3S. The van der Waals surface area contributed by atoms with E-state index in [0.29, 0.717) is 37.9 Å². The number of hydrogen-bond donors (Lipinski definition) is 1. The van der Waals surface area contributed by atoms with Crippen molar-refractivity contribution in [3.05, 3.63) is 0 Å². The largest absolute Gasteiger partial charge is 0.353 e. The third kappa shape index (κ3) is 4.19. The Bertz CT molecular complexity index is 441. The molecule has 1 amide bonds. The highest BCUT2D eigenvalue weighted by Gasteiger charge is 2.30. The first-order valence-corrected chi connectivity index (χ1v) is 9.46. The molecule has 0 radical (unpaired) electrons. The summed E-state index contributed by atoms with van der Waals surface area (Å²) in [6.07, 6.45) is 7.13. The molecule has 0 aromatic rings. The molecule has 1 N–H and O–H groups in total. The van der Waals surface area contributed by atoms with Gasteiger partial charge in [0.25, 0.3) is 0 Å². The van der Waals surface area contributed by atoms with E-state index in [2.05, 4.69) is 12.2 Å². The number of nitrogens with zero attached hydrogens (tertiary/aromatic N) is 1. The highest BCUT2D eigenvalue weighted by atomic mass is 32.2. The molecule has 1 aliphatic heterocycles. The number of sulfonamides is 1. The van der Waals surface area contributed by atoms with Gasteiger partial charge in [-0.05, 0) is 31.6 Å². The second kappa shape index (κ2) is 6.43. The van der Waals surface area contributed by atoms with Crippen molar-refractivity contribution < 1.29 is 13.2 Å². The fraction of sp³-hybridized carbons (Fsp3) is 0.929. The van der Waals surface area contributed by atoms with Crippen LogP contribution in [0.4, 0.5) is 0 Å².